The van der Waals surface area contributed by atoms with Crippen LogP contribution >= 0.6 is 23.1 Å². The van der Waals surface area contributed by atoms with Crippen LogP contribution in [0.5, 0.6) is 0 Å². The molecule has 0 aliphatic carbocycles. The van der Waals surface area contributed by atoms with Crippen molar-refractivity contribution in [1.82, 2.24) is 9.99 Å². The molecule has 0 bridgehead atoms. The number of thiophene rings is 1. The van der Waals surface area contributed by atoms with Gasteiger partial charge < -0.3 is 4.42 Å². The normalized spacial score (nSPS) is 15.9. The molecule has 3 aromatic rings. The second-order valence-corrected chi connectivity index (χ2v) is 8.94. The lowest BCUT2D eigenvalue weighted by molar-refractivity contribution is -0.130. The number of aromatic nitrogens is 1. The molecule has 4 rings (SSSR count). The van der Waals surface area contributed by atoms with Crippen LogP contribution in [0.4, 0.5) is 0 Å². The van der Waals surface area contributed by atoms with Crippen LogP contribution in [0.2, 0.25) is 0 Å². The number of carbonyl (C=O) groups is 1. The molecule has 3 aromatic heterocycles. The third-order valence-corrected chi connectivity index (χ3v) is 7.13. The third-order valence-electron chi connectivity index (χ3n) is 5.25. The van der Waals surface area contributed by atoms with Crippen molar-refractivity contribution in [3.63, 3.8) is 0 Å². The molecule has 152 valence electrons. The summed E-state index contributed by atoms with van der Waals surface area (Å²) in [5, 5.41) is 18.3. The molecule has 0 unspecified atom stereocenters. The number of nitrogens with zero attached hydrogens (tertiary/aromatic N) is 4. The standard InChI is InChI=1S/C22H20N4O2S2/c1-13-14(2)16(11-23)22(24-15(13)3)30-12-21(27)26-18(19-6-4-8-28-19)10-17(25-26)20-7-5-9-29-20/h4-9,18H,10,12H2,1-3H3/t18-/m1/s1. The highest BCUT2D eigenvalue weighted by Crippen LogP contribution is 2.35. The second-order valence-electron chi connectivity index (χ2n) is 7.03. The predicted octanol–water partition coefficient (Wildman–Crippen LogP) is 5.00. The Morgan fingerprint density at radius 1 is 1.33 bits per heavy atom. The Labute approximate surface area is 183 Å². The van der Waals surface area contributed by atoms with Gasteiger partial charge in [0.2, 0.25) is 0 Å². The molecule has 4 heterocycles. The van der Waals surface area contributed by atoms with Gasteiger partial charge in [0.05, 0.1) is 28.2 Å². The zero-order valence-corrected chi connectivity index (χ0v) is 18.5. The lowest BCUT2D eigenvalue weighted by Gasteiger charge is -2.20. The smallest absolute Gasteiger partial charge is 0.253 e. The first-order valence-electron chi connectivity index (χ1n) is 9.47. The van der Waals surface area contributed by atoms with Gasteiger partial charge in [-0.15, -0.1) is 11.3 Å². The molecule has 1 atom stereocenters. The van der Waals surface area contributed by atoms with Crippen LogP contribution in [0.1, 0.15) is 45.5 Å². The average molecular weight is 437 g/mol. The maximum Gasteiger partial charge on any atom is 0.253 e. The quantitative estimate of drug-likeness (QED) is 0.526. The van der Waals surface area contributed by atoms with Gasteiger partial charge in [-0.25, -0.2) is 9.99 Å². The van der Waals surface area contributed by atoms with Gasteiger partial charge >= 0.3 is 0 Å². The number of furan rings is 1. The van der Waals surface area contributed by atoms with Crippen LogP contribution in [0.15, 0.2) is 50.5 Å². The minimum Gasteiger partial charge on any atom is -0.467 e. The Kier molecular flexibility index (Phi) is 5.75. The molecule has 0 radical (unpaired) electrons. The number of nitriles is 1. The number of carbonyl (C=O) groups excluding carboxylic acids is 1. The number of hydrogen-bond acceptors (Lipinski definition) is 7. The summed E-state index contributed by atoms with van der Waals surface area (Å²) in [6.07, 6.45) is 2.21. The molecule has 1 aliphatic rings. The van der Waals surface area contributed by atoms with Gasteiger partial charge in [-0.2, -0.15) is 10.4 Å². The SMILES string of the molecule is Cc1nc(SCC(=O)N2N=C(c3cccs3)C[C@@H]2c2ccco2)c(C#N)c(C)c1C. The number of hydrogen-bond donors (Lipinski definition) is 0. The maximum absolute atomic E-state index is 13.1. The van der Waals surface area contributed by atoms with Crippen LogP contribution in [0, 0.1) is 32.1 Å². The fourth-order valence-electron chi connectivity index (χ4n) is 3.38. The Morgan fingerprint density at radius 3 is 2.83 bits per heavy atom. The van der Waals surface area contributed by atoms with E-state index in [1.165, 1.54) is 16.8 Å². The number of rotatable bonds is 5. The van der Waals surface area contributed by atoms with Crippen molar-refractivity contribution in [2.24, 2.45) is 5.10 Å². The minimum atomic E-state index is -0.268. The summed E-state index contributed by atoms with van der Waals surface area (Å²) in [6.45, 7) is 5.79. The number of hydrazone groups is 1. The van der Waals surface area contributed by atoms with E-state index < -0.39 is 0 Å². The molecule has 0 aromatic carbocycles. The Hall–Kier alpha value is -2.89. The molecule has 6 nitrogen and oxygen atoms in total. The van der Waals surface area contributed by atoms with Gasteiger partial charge in [-0.05, 0) is 55.5 Å². The Morgan fingerprint density at radius 2 is 2.17 bits per heavy atom. The van der Waals surface area contributed by atoms with Crippen molar-refractivity contribution in [3.05, 3.63) is 68.9 Å². The van der Waals surface area contributed by atoms with Crippen molar-refractivity contribution in [3.8, 4) is 6.07 Å². The maximum atomic E-state index is 13.1. The average Bonchev–Trinajstić information content (AvgIpc) is 3.50. The molecule has 1 amide bonds. The zero-order chi connectivity index (χ0) is 21.3. The summed E-state index contributed by atoms with van der Waals surface area (Å²) >= 11 is 2.88. The van der Waals surface area contributed by atoms with Crippen molar-refractivity contribution >= 4 is 34.7 Å². The molecule has 0 saturated carbocycles. The number of thioether (sulfide) groups is 1. The lowest BCUT2D eigenvalue weighted by atomic mass is 10.1. The van der Waals surface area contributed by atoms with E-state index in [-0.39, 0.29) is 17.7 Å². The summed E-state index contributed by atoms with van der Waals surface area (Å²) in [5.74, 6) is 0.707. The summed E-state index contributed by atoms with van der Waals surface area (Å²) in [5.41, 5.74) is 4.19. The number of aryl methyl sites for hydroxylation is 1. The van der Waals surface area contributed by atoms with E-state index in [1.807, 2.05) is 50.4 Å². The van der Waals surface area contributed by atoms with Gasteiger partial charge in [0.1, 0.15) is 22.9 Å². The second kappa shape index (κ2) is 8.46. The van der Waals surface area contributed by atoms with E-state index in [0.717, 1.165) is 27.4 Å². The van der Waals surface area contributed by atoms with Crippen molar-refractivity contribution < 1.29 is 9.21 Å². The van der Waals surface area contributed by atoms with Crippen LogP contribution in [0.25, 0.3) is 0 Å². The predicted molar refractivity (Wildman–Crippen MR) is 118 cm³/mol. The molecule has 1 aliphatic heterocycles. The summed E-state index contributed by atoms with van der Waals surface area (Å²) in [6, 6.07) is 9.63. The van der Waals surface area contributed by atoms with E-state index in [2.05, 4.69) is 16.2 Å². The Balaban J connectivity index is 1.58. The Bertz CT molecular complexity index is 1150. The summed E-state index contributed by atoms with van der Waals surface area (Å²) in [4.78, 5) is 18.7. The molecule has 30 heavy (non-hydrogen) atoms. The van der Waals surface area contributed by atoms with Crippen molar-refractivity contribution in [2.45, 2.75) is 38.3 Å². The molecule has 0 spiro atoms. The van der Waals surface area contributed by atoms with Crippen LogP contribution < -0.4 is 0 Å². The van der Waals surface area contributed by atoms with Gasteiger partial charge in [0.15, 0.2) is 0 Å². The van der Waals surface area contributed by atoms with Crippen molar-refractivity contribution in [1.29, 1.82) is 5.26 Å². The summed E-state index contributed by atoms with van der Waals surface area (Å²) in [7, 11) is 0. The van der Waals surface area contributed by atoms with Crippen LogP contribution in [-0.2, 0) is 4.79 Å². The zero-order valence-electron chi connectivity index (χ0n) is 16.9. The highest BCUT2D eigenvalue weighted by molar-refractivity contribution is 8.00. The largest absolute Gasteiger partial charge is 0.467 e. The van der Waals surface area contributed by atoms with Gasteiger partial charge in [0, 0.05) is 12.1 Å². The number of pyridine rings is 1. The van der Waals surface area contributed by atoms with E-state index in [4.69, 9.17) is 4.42 Å². The van der Waals surface area contributed by atoms with Gasteiger partial charge in [-0.3, -0.25) is 4.79 Å². The number of amides is 1. The lowest BCUT2D eigenvalue weighted by Crippen LogP contribution is -2.28. The van der Waals surface area contributed by atoms with Crippen LogP contribution in [0.3, 0.4) is 0 Å². The molecule has 0 saturated heterocycles. The first-order valence-corrected chi connectivity index (χ1v) is 11.3. The van der Waals surface area contributed by atoms with Crippen molar-refractivity contribution in [2.75, 3.05) is 5.75 Å². The fraction of sp³-hybridized carbons (Fsp3) is 0.273. The summed E-state index contributed by atoms with van der Waals surface area (Å²) < 4.78 is 5.58. The third kappa shape index (κ3) is 3.78. The molecular weight excluding hydrogens is 416 g/mol. The topological polar surface area (TPSA) is 82.5 Å². The van der Waals surface area contributed by atoms with Crippen LogP contribution in [-0.4, -0.2) is 27.4 Å². The monoisotopic (exact) mass is 436 g/mol. The highest BCUT2D eigenvalue weighted by Gasteiger charge is 2.35. The fourth-order valence-corrected chi connectivity index (χ4v) is 5.04. The molecule has 0 N–H and O–H groups in total. The van der Waals surface area contributed by atoms with E-state index in [9.17, 15) is 10.1 Å². The van der Waals surface area contributed by atoms with E-state index in [1.54, 1.807) is 17.6 Å². The molecule has 0 fully saturated rings. The van der Waals surface area contributed by atoms with Gasteiger partial charge in [-0.1, -0.05) is 17.8 Å². The highest BCUT2D eigenvalue weighted by atomic mass is 32.2. The first-order chi connectivity index (χ1) is 14.5. The van der Waals surface area contributed by atoms with Gasteiger partial charge in [0.25, 0.3) is 5.91 Å². The van der Waals surface area contributed by atoms with E-state index >= 15 is 0 Å². The minimum absolute atomic E-state index is 0.141. The van der Waals surface area contributed by atoms with E-state index in [0.29, 0.717) is 22.8 Å². The first kappa shape index (κ1) is 20.4. The molecule has 8 heteroatoms. The molecular formula is C22H20N4O2S2.